The number of benzene rings is 1. The maximum absolute atomic E-state index is 6.14. The van der Waals surface area contributed by atoms with Crippen molar-refractivity contribution in [1.29, 1.82) is 0 Å². The van der Waals surface area contributed by atoms with E-state index in [1.807, 2.05) is 30.3 Å². The van der Waals surface area contributed by atoms with E-state index in [-0.39, 0.29) is 0 Å². The van der Waals surface area contributed by atoms with Crippen molar-refractivity contribution in [2.24, 2.45) is 0 Å². The summed E-state index contributed by atoms with van der Waals surface area (Å²) in [6, 6.07) is 9.76. The van der Waals surface area contributed by atoms with Crippen LogP contribution >= 0.6 is 0 Å². The van der Waals surface area contributed by atoms with Gasteiger partial charge in [-0.15, -0.1) is 0 Å². The molecule has 5 N–H and O–H groups in total. The summed E-state index contributed by atoms with van der Waals surface area (Å²) in [6.45, 7) is 5.23. The Labute approximate surface area is 141 Å². The fraction of sp³-hybridized carbons (Fsp3) is 0.375. The molecular formula is C16H23N7O. The van der Waals surface area contributed by atoms with Crippen molar-refractivity contribution in [2.45, 2.75) is 0 Å². The molecule has 0 spiro atoms. The molecular weight excluding hydrogens is 306 g/mol. The number of nitrogen functional groups attached to an aromatic ring is 1. The Balaban J connectivity index is 1.52. The average molecular weight is 329 g/mol. The van der Waals surface area contributed by atoms with E-state index in [1.165, 1.54) is 6.33 Å². The van der Waals surface area contributed by atoms with Gasteiger partial charge in [-0.3, -0.25) is 15.8 Å². The Kier molecular flexibility index (Phi) is 5.65. The first kappa shape index (κ1) is 16.3. The molecule has 1 fully saturated rings. The van der Waals surface area contributed by atoms with Crippen LogP contribution in [0.4, 0.5) is 23.0 Å². The van der Waals surface area contributed by atoms with Gasteiger partial charge in [0.1, 0.15) is 12.0 Å². The van der Waals surface area contributed by atoms with Crippen molar-refractivity contribution in [3.63, 3.8) is 0 Å². The molecule has 3 rings (SSSR count). The highest BCUT2D eigenvalue weighted by molar-refractivity contribution is 5.74. The minimum absolute atomic E-state index is 0.489. The number of anilines is 4. The minimum Gasteiger partial charge on any atom is -0.393 e. The van der Waals surface area contributed by atoms with Crippen LogP contribution in [0.5, 0.6) is 0 Å². The van der Waals surface area contributed by atoms with Gasteiger partial charge in [0, 0.05) is 26.2 Å². The minimum atomic E-state index is 0.489. The molecule has 0 aliphatic carbocycles. The van der Waals surface area contributed by atoms with Crippen LogP contribution < -0.4 is 21.9 Å². The first-order valence-electron chi connectivity index (χ1n) is 8.04. The number of nitrogens with two attached hydrogens (primary N) is 1. The maximum Gasteiger partial charge on any atom is 0.173 e. The summed E-state index contributed by atoms with van der Waals surface area (Å²) in [6.07, 6.45) is 1.49. The number of ether oxygens (including phenoxy) is 1. The average Bonchev–Trinajstić information content (AvgIpc) is 2.64. The van der Waals surface area contributed by atoms with Crippen molar-refractivity contribution in [1.82, 2.24) is 14.9 Å². The molecule has 0 amide bonds. The quantitative estimate of drug-likeness (QED) is 0.563. The zero-order valence-corrected chi connectivity index (χ0v) is 13.5. The van der Waals surface area contributed by atoms with Gasteiger partial charge in [0.05, 0.1) is 18.9 Å². The Bertz CT molecular complexity index is 632. The summed E-state index contributed by atoms with van der Waals surface area (Å²) >= 11 is 0. The molecule has 0 unspecified atom stereocenters. The maximum atomic E-state index is 6.14. The highest BCUT2D eigenvalue weighted by Crippen LogP contribution is 2.22. The van der Waals surface area contributed by atoms with Gasteiger partial charge in [-0.05, 0) is 12.1 Å². The Morgan fingerprint density at radius 3 is 2.58 bits per heavy atom. The van der Waals surface area contributed by atoms with Gasteiger partial charge in [0.2, 0.25) is 0 Å². The van der Waals surface area contributed by atoms with E-state index in [2.05, 4.69) is 31.0 Å². The zero-order valence-electron chi connectivity index (χ0n) is 13.5. The summed E-state index contributed by atoms with van der Waals surface area (Å²) in [7, 11) is 0. The summed E-state index contributed by atoms with van der Waals surface area (Å²) in [5.74, 6) is 1.18. The van der Waals surface area contributed by atoms with E-state index < -0.39 is 0 Å². The molecule has 1 aliphatic heterocycles. The highest BCUT2D eigenvalue weighted by atomic mass is 16.5. The van der Waals surface area contributed by atoms with Gasteiger partial charge in [0.25, 0.3) is 0 Å². The van der Waals surface area contributed by atoms with Gasteiger partial charge in [-0.1, -0.05) is 18.2 Å². The van der Waals surface area contributed by atoms with Crippen LogP contribution in [0, 0.1) is 0 Å². The highest BCUT2D eigenvalue weighted by Gasteiger charge is 2.11. The summed E-state index contributed by atoms with van der Waals surface area (Å²) in [5, 5.41) is 3.27. The van der Waals surface area contributed by atoms with Crippen molar-refractivity contribution in [3.05, 3.63) is 36.7 Å². The number of aromatic nitrogens is 2. The summed E-state index contributed by atoms with van der Waals surface area (Å²) in [4.78, 5) is 10.7. The van der Waals surface area contributed by atoms with Crippen LogP contribution in [0.3, 0.4) is 0 Å². The molecule has 0 saturated carbocycles. The number of nitrogens with zero attached hydrogens (tertiary/aromatic N) is 3. The Morgan fingerprint density at radius 1 is 1.04 bits per heavy atom. The standard InChI is InChI=1S/C16H23N7O/c17-14-15(18-6-7-23-8-10-24-11-9-23)19-12-20-16(14)22-21-13-4-2-1-3-5-13/h1-5,12,21H,6-11,17H2,(H2,18,19,20,22). The molecule has 8 nitrogen and oxygen atoms in total. The molecule has 2 aromatic rings. The largest absolute Gasteiger partial charge is 0.393 e. The van der Waals surface area contributed by atoms with Gasteiger partial charge < -0.3 is 15.8 Å². The van der Waals surface area contributed by atoms with Crippen LogP contribution in [0.15, 0.2) is 36.7 Å². The molecule has 1 saturated heterocycles. The molecule has 8 heteroatoms. The number of hydrogen-bond donors (Lipinski definition) is 4. The molecule has 1 aliphatic rings. The zero-order chi connectivity index (χ0) is 16.6. The number of hydrogen-bond acceptors (Lipinski definition) is 8. The lowest BCUT2D eigenvalue weighted by molar-refractivity contribution is 0.0398. The lowest BCUT2D eigenvalue weighted by Gasteiger charge is -2.26. The Morgan fingerprint density at radius 2 is 1.79 bits per heavy atom. The van der Waals surface area contributed by atoms with E-state index in [4.69, 9.17) is 10.5 Å². The number of para-hydroxylation sites is 1. The van der Waals surface area contributed by atoms with Crippen molar-refractivity contribution in [3.8, 4) is 0 Å². The Hall–Kier alpha value is -2.58. The first-order valence-corrected chi connectivity index (χ1v) is 8.04. The molecule has 0 bridgehead atoms. The smallest absolute Gasteiger partial charge is 0.173 e. The van der Waals surface area contributed by atoms with Gasteiger partial charge in [-0.25, -0.2) is 9.97 Å². The van der Waals surface area contributed by atoms with E-state index in [1.54, 1.807) is 0 Å². The second kappa shape index (κ2) is 8.32. The van der Waals surface area contributed by atoms with Crippen molar-refractivity contribution < 1.29 is 4.74 Å². The first-order chi connectivity index (χ1) is 11.8. The van der Waals surface area contributed by atoms with Crippen molar-refractivity contribution >= 4 is 23.0 Å². The molecule has 1 aromatic carbocycles. The van der Waals surface area contributed by atoms with Crippen LogP contribution in [0.2, 0.25) is 0 Å². The lowest BCUT2D eigenvalue weighted by atomic mass is 10.3. The topological polar surface area (TPSA) is 100 Å². The molecule has 0 radical (unpaired) electrons. The van der Waals surface area contributed by atoms with E-state index in [0.29, 0.717) is 17.3 Å². The van der Waals surface area contributed by atoms with E-state index in [9.17, 15) is 0 Å². The van der Waals surface area contributed by atoms with Crippen LogP contribution in [-0.2, 0) is 4.74 Å². The van der Waals surface area contributed by atoms with Crippen LogP contribution in [0.25, 0.3) is 0 Å². The molecule has 0 atom stereocenters. The monoisotopic (exact) mass is 329 g/mol. The third-order valence-electron chi connectivity index (χ3n) is 3.81. The van der Waals surface area contributed by atoms with Crippen molar-refractivity contribution in [2.75, 3.05) is 61.3 Å². The number of nitrogens with one attached hydrogen (secondary N) is 3. The normalized spacial score (nSPS) is 15.0. The molecule has 2 heterocycles. The molecule has 24 heavy (non-hydrogen) atoms. The fourth-order valence-electron chi connectivity index (χ4n) is 2.45. The number of hydrazine groups is 1. The van der Waals surface area contributed by atoms with Crippen LogP contribution in [0.1, 0.15) is 0 Å². The predicted molar refractivity (Wildman–Crippen MR) is 95.9 cm³/mol. The van der Waals surface area contributed by atoms with E-state index >= 15 is 0 Å². The molecule has 1 aromatic heterocycles. The van der Waals surface area contributed by atoms with E-state index in [0.717, 1.165) is 45.1 Å². The van der Waals surface area contributed by atoms with Gasteiger partial charge >= 0.3 is 0 Å². The van der Waals surface area contributed by atoms with Gasteiger partial charge in [0.15, 0.2) is 11.6 Å². The number of morpholine rings is 1. The third-order valence-corrected chi connectivity index (χ3v) is 3.81. The fourth-order valence-corrected chi connectivity index (χ4v) is 2.45. The SMILES string of the molecule is Nc1c(NCCN2CCOCC2)ncnc1NNc1ccccc1. The second-order valence-electron chi connectivity index (χ2n) is 5.48. The molecule has 128 valence electrons. The summed E-state index contributed by atoms with van der Waals surface area (Å²) in [5.41, 5.74) is 13.6. The second-order valence-corrected chi connectivity index (χ2v) is 5.48. The lowest BCUT2D eigenvalue weighted by Crippen LogP contribution is -2.39. The summed E-state index contributed by atoms with van der Waals surface area (Å²) < 4.78 is 5.34. The predicted octanol–water partition coefficient (Wildman–Crippen LogP) is 1.24. The number of rotatable bonds is 7. The van der Waals surface area contributed by atoms with Gasteiger partial charge in [-0.2, -0.15) is 0 Å². The van der Waals surface area contributed by atoms with Crippen LogP contribution in [-0.4, -0.2) is 54.3 Å². The third kappa shape index (κ3) is 4.46.